The van der Waals surface area contributed by atoms with Crippen LogP contribution in [0.4, 0.5) is 4.39 Å². The standard InChI is InChI=1S/C16H21FN2O2/c17-14-10-6-7-11-15(14)21-12-16(20)19-18-13-8-4-2-1-3-5-9-13/h6-7,10-11H,1-5,8-9,12H2,(H,19,20). The van der Waals surface area contributed by atoms with E-state index in [0.717, 1.165) is 31.4 Å². The number of halogens is 1. The molecule has 1 aliphatic carbocycles. The highest BCUT2D eigenvalue weighted by atomic mass is 19.1. The fourth-order valence-electron chi connectivity index (χ4n) is 2.30. The molecular weight excluding hydrogens is 271 g/mol. The second-order valence-corrected chi connectivity index (χ2v) is 5.20. The molecule has 1 aliphatic rings. The van der Waals surface area contributed by atoms with Crippen LogP contribution in [0, 0.1) is 5.82 Å². The van der Waals surface area contributed by atoms with Crippen LogP contribution in [-0.2, 0) is 4.79 Å². The lowest BCUT2D eigenvalue weighted by Crippen LogP contribution is -2.26. The molecule has 1 aromatic rings. The van der Waals surface area contributed by atoms with Gasteiger partial charge in [-0.25, -0.2) is 9.82 Å². The Morgan fingerprint density at radius 1 is 1.14 bits per heavy atom. The van der Waals surface area contributed by atoms with Gasteiger partial charge in [0.2, 0.25) is 0 Å². The van der Waals surface area contributed by atoms with Crippen molar-refractivity contribution in [2.45, 2.75) is 44.9 Å². The van der Waals surface area contributed by atoms with Gasteiger partial charge in [0.15, 0.2) is 18.2 Å². The molecule has 1 N–H and O–H groups in total. The van der Waals surface area contributed by atoms with E-state index in [1.54, 1.807) is 12.1 Å². The molecule has 0 saturated heterocycles. The summed E-state index contributed by atoms with van der Waals surface area (Å²) in [6.45, 7) is -0.238. The Bertz CT molecular complexity index is 493. The Morgan fingerprint density at radius 3 is 2.52 bits per heavy atom. The molecule has 0 unspecified atom stereocenters. The van der Waals surface area contributed by atoms with Gasteiger partial charge in [0, 0.05) is 5.71 Å². The van der Waals surface area contributed by atoms with Gasteiger partial charge in [0.05, 0.1) is 0 Å². The molecule has 5 heteroatoms. The summed E-state index contributed by atoms with van der Waals surface area (Å²) in [6, 6.07) is 6.01. The third kappa shape index (κ3) is 5.53. The van der Waals surface area contributed by atoms with Crippen LogP contribution in [0.3, 0.4) is 0 Å². The van der Waals surface area contributed by atoms with Gasteiger partial charge in [-0.1, -0.05) is 31.4 Å². The first-order valence-corrected chi connectivity index (χ1v) is 7.47. The van der Waals surface area contributed by atoms with E-state index < -0.39 is 5.82 Å². The summed E-state index contributed by atoms with van der Waals surface area (Å²) in [5.41, 5.74) is 3.53. The summed E-state index contributed by atoms with van der Waals surface area (Å²) in [6.07, 6.45) is 7.87. The van der Waals surface area contributed by atoms with E-state index in [0.29, 0.717) is 0 Å². The van der Waals surface area contributed by atoms with Crippen molar-refractivity contribution in [2.24, 2.45) is 5.10 Å². The molecule has 0 aromatic heterocycles. The van der Waals surface area contributed by atoms with Crippen molar-refractivity contribution in [1.29, 1.82) is 0 Å². The maximum absolute atomic E-state index is 13.3. The van der Waals surface area contributed by atoms with Crippen LogP contribution in [0.5, 0.6) is 5.75 Å². The zero-order chi connectivity index (χ0) is 14.9. The summed E-state index contributed by atoms with van der Waals surface area (Å²) in [5, 5.41) is 4.16. The molecule has 1 aromatic carbocycles. The minimum absolute atomic E-state index is 0.0752. The summed E-state index contributed by atoms with van der Waals surface area (Å²) < 4.78 is 18.4. The summed E-state index contributed by atoms with van der Waals surface area (Å²) in [7, 11) is 0. The molecule has 114 valence electrons. The van der Waals surface area contributed by atoms with Crippen molar-refractivity contribution in [3.05, 3.63) is 30.1 Å². The number of nitrogens with one attached hydrogen (secondary N) is 1. The van der Waals surface area contributed by atoms with Crippen molar-refractivity contribution in [1.82, 2.24) is 5.43 Å². The molecule has 21 heavy (non-hydrogen) atoms. The van der Waals surface area contributed by atoms with Gasteiger partial charge in [-0.05, 0) is 37.8 Å². The van der Waals surface area contributed by atoms with Gasteiger partial charge < -0.3 is 4.74 Å². The summed E-state index contributed by atoms with van der Waals surface area (Å²) >= 11 is 0. The number of amides is 1. The number of benzene rings is 1. The van der Waals surface area contributed by atoms with E-state index in [1.165, 1.54) is 31.4 Å². The van der Waals surface area contributed by atoms with Crippen LogP contribution in [0.1, 0.15) is 44.9 Å². The number of hydrogen-bond donors (Lipinski definition) is 1. The minimum atomic E-state index is -0.475. The lowest BCUT2D eigenvalue weighted by molar-refractivity contribution is -0.123. The average Bonchev–Trinajstić information content (AvgIpc) is 2.45. The molecule has 0 bridgehead atoms. The molecule has 2 rings (SSSR count). The average molecular weight is 292 g/mol. The molecule has 0 atom stereocenters. The highest BCUT2D eigenvalue weighted by Gasteiger charge is 2.08. The Morgan fingerprint density at radius 2 is 1.81 bits per heavy atom. The lowest BCUT2D eigenvalue weighted by atomic mass is 9.99. The number of ether oxygens (including phenoxy) is 1. The number of rotatable bonds is 4. The number of para-hydroxylation sites is 1. The Hall–Kier alpha value is -1.91. The molecule has 1 fully saturated rings. The van der Waals surface area contributed by atoms with E-state index >= 15 is 0 Å². The van der Waals surface area contributed by atoms with Crippen LogP contribution in [0.15, 0.2) is 29.4 Å². The lowest BCUT2D eigenvalue weighted by Gasteiger charge is -2.11. The number of nitrogens with zero attached hydrogens (tertiary/aromatic N) is 1. The summed E-state index contributed by atoms with van der Waals surface area (Å²) in [4.78, 5) is 11.7. The second-order valence-electron chi connectivity index (χ2n) is 5.20. The normalized spacial score (nSPS) is 15.8. The maximum Gasteiger partial charge on any atom is 0.277 e. The Labute approximate surface area is 124 Å². The van der Waals surface area contributed by atoms with Gasteiger partial charge in [-0.3, -0.25) is 4.79 Å². The number of hydrogen-bond acceptors (Lipinski definition) is 3. The first-order chi connectivity index (χ1) is 10.3. The molecule has 0 aliphatic heterocycles. The van der Waals surface area contributed by atoms with Gasteiger partial charge in [-0.2, -0.15) is 5.10 Å². The Kier molecular flexibility index (Phi) is 6.19. The molecule has 1 amide bonds. The van der Waals surface area contributed by atoms with Crippen LogP contribution < -0.4 is 10.2 Å². The minimum Gasteiger partial charge on any atom is -0.481 e. The molecule has 0 heterocycles. The van der Waals surface area contributed by atoms with E-state index in [1.807, 2.05) is 0 Å². The summed E-state index contributed by atoms with van der Waals surface area (Å²) in [5.74, 6) is -0.768. The highest BCUT2D eigenvalue weighted by molar-refractivity contribution is 5.86. The first-order valence-electron chi connectivity index (χ1n) is 7.47. The molecule has 4 nitrogen and oxygen atoms in total. The second kappa shape index (κ2) is 8.39. The first kappa shape index (κ1) is 15.5. The van der Waals surface area contributed by atoms with E-state index in [9.17, 15) is 9.18 Å². The van der Waals surface area contributed by atoms with Crippen molar-refractivity contribution >= 4 is 11.6 Å². The molecule has 0 spiro atoms. The quantitative estimate of drug-likeness (QED) is 0.864. The van der Waals surface area contributed by atoms with E-state index in [2.05, 4.69) is 10.5 Å². The van der Waals surface area contributed by atoms with Gasteiger partial charge >= 0.3 is 0 Å². The number of carbonyl (C=O) groups is 1. The third-order valence-electron chi connectivity index (χ3n) is 3.46. The van der Waals surface area contributed by atoms with Crippen LogP contribution in [-0.4, -0.2) is 18.2 Å². The largest absolute Gasteiger partial charge is 0.481 e. The van der Waals surface area contributed by atoms with Crippen molar-refractivity contribution < 1.29 is 13.9 Å². The molecular formula is C16H21FN2O2. The van der Waals surface area contributed by atoms with Crippen molar-refractivity contribution in [2.75, 3.05) is 6.61 Å². The molecule has 1 saturated carbocycles. The zero-order valence-corrected chi connectivity index (χ0v) is 12.1. The Balaban J connectivity index is 1.77. The smallest absolute Gasteiger partial charge is 0.277 e. The van der Waals surface area contributed by atoms with Crippen molar-refractivity contribution in [3.8, 4) is 5.75 Å². The van der Waals surface area contributed by atoms with E-state index in [4.69, 9.17) is 4.74 Å². The van der Waals surface area contributed by atoms with Crippen LogP contribution >= 0.6 is 0 Å². The predicted octanol–water partition coefficient (Wildman–Crippen LogP) is 3.42. The predicted molar refractivity (Wildman–Crippen MR) is 79.8 cm³/mol. The fraction of sp³-hybridized carbons (Fsp3) is 0.500. The van der Waals surface area contributed by atoms with Crippen LogP contribution in [0.2, 0.25) is 0 Å². The highest BCUT2D eigenvalue weighted by Crippen LogP contribution is 2.15. The fourth-order valence-corrected chi connectivity index (χ4v) is 2.30. The SMILES string of the molecule is O=C(COc1ccccc1F)NN=C1CCCCCCC1. The topological polar surface area (TPSA) is 50.7 Å². The van der Waals surface area contributed by atoms with Gasteiger partial charge in [0.1, 0.15) is 0 Å². The number of hydrazone groups is 1. The van der Waals surface area contributed by atoms with E-state index in [-0.39, 0.29) is 18.3 Å². The number of carbonyl (C=O) groups excluding carboxylic acids is 1. The van der Waals surface area contributed by atoms with Gasteiger partial charge in [0.25, 0.3) is 5.91 Å². The van der Waals surface area contributed by atoms with Gasteiger partial charge in [-0.15, -0.1) is 0 Å². The zero-order valence-electron chi connectivity index (χ0n) is 12.1. The maximum atomic E-state index is 13.3. The van der Waals surface area contributed by atoms with Crippen molar-refractivity contribution in [3.63, 3.8) is 0 Å². The van der Waals surface area contributed by atoms with Crippen LogP contribution in [0.25, 0.3) is 0 Å². The third-order valence-corrected chi connectivity index (χ3v) is 3.46. The molecule has 0 radical (unpaired) electrons. The monoisotopic (exact) mass is 292 g/mol.